The fraction of sp³-hybridized carbons (Fsp3) is 0.333. The molecule has 1 aromatic rings. The Kier molecular flexibility index (Phi) is 4.40. The zero-order valence-electron chi connectivity index (χ0n) is 11.4. The highest BCUT2D eigenvalue weighted by atomic mass is 16.4. The van der Waals surface area contributed by atoms with E-state index in [1.54, 1.807) is 24.3 Å². The number of carboxylic acid groups (broad SMARTS) is 1. The SMILES string of the molecule is CCN(C(=O)Nc1ccc(/C=C/C(=O)O)cc1)C1CC1. The Labute approximate surface area is 117 Å². The summed E-state index contributed by atoms with van der Waals surface area (Å²) in [7, 11) is 0. The molecule has 0 unspecified atom stereocenters. The number of nitrogens with one attached hydrogen (secondary N) is 1. The number of nitrogens with zero attached hydrogens (tertiary/aromatic N) is 1. The number of hydrogen-bond acceptors (Lipinski definition) is 2. The van der Waals surface area contributed by atoms with Crippen molar-refractivity contribution in [1.29, 1.82) is 0 Å². The second kappa shape index (κ2) is 6.23. The molecule has 5 nitrogen and oxygen atoms in total. The summed E-state index contributed by atoms with van der Waals surface area (Å²) >= 11 is 0. The average molecular weight is 274 g/mol. The third-order valence-corrected chi connectivity index (χ3v) is 3.17. The van der Waals surface area contributed by atoms with Crippen LogP contribution in [0.2, 0.25) is 0 Å². The van der Waals surface area contributed by atoms with E-state index in [4.69, 9.17) is 5.11 Å². The Morgan fingerprint density at radius 2 is 2.00 bits per heavy atom. The van der Waals surface area contributed by atoms with Crippen LogP contribution in [0.4, 0.5) is 10.5 Å². The smallest absolute Gasteiger partial charge is 0.328 e. The van der Waals surface area contributed by atoms with Crippen LogP contribution in [0.15, 0.2) is 30.3 Å². The molecule has 0 heterocycles. The number of carbonyl (C=O) groups is 2. The van der Waals surface area contributed by atoms with Gasteiger partial charge in [0.1, 0.15) is 0 Å². The fourth-order valence-electron chi connectivity index (χ4n) is 1.99. The van der Waals surface area contributed by atoms with Gasteiger partial charge in [-0.2, -0.15) is 0 Å². The Bertz CT molecular complexity index is 518. The van der Waals surface area contributed by atoms with Gasteiger partial charge < -0.3 is 15.3 Å². The Morgan fingerprint density at radius 3 is 2.50 bits per heavy atom. The van der Waals surface area contributed by atoms with E-state index in [9.17, 15) is 9.59 Å². The fourth-order valence-corrected chi connectivity index (χ4v) is 1.99. The topological polar surface area (TPSA) is 69.6 Å². The molecule has 1 aliphatic carbocycles. The first-order valence-corrected chi connectivity index (χ1v) is 6.69. The summed E-state index contributed by atoms with van der Waals surface area (Å²) in [6.45, 7) is 2.67. The van der Waals surface area contributed by atoms with Gasteiger partial charge in [0.05, 0.1) is 0 Å². The van der Waals surface area contributed by atoms with E-state index in [1.807, 2.05) is 11.8 Å². The minimum Gasteiger partial charge on any atom is -0.478 e. The molecular formula is C15H18N2O3. The summed E-state index contributed by atoms with van der Waals surface area (Å²) in [6.07, 6.45) is 4.76. The van der Waals surface area contributed by atoms with Crippen LogP contribution in [-0.2, 0) is 4.79 Å². The van der Waals surface area contributed by atoms with Gasteiger partial charge in [-0.3, -0.25) is 0 Å². The molecule has 1 aromatic carbocycles. The van der Waals surface area contributed by atoms with Crippen molar-refractivity contribution in [3.05, 3.63) is 35.9 Å². The van der Waals surface area contributed by atoms with Crippen molar-refractivity contribution in [2.45, 2.75) is 25.8 Å². The first kappa shape index (κ1) is 14.1. The van der Waals surface area contributed by atoms with E-state index in [0.717, 1.165) is 24.5 Å². The first-order valence-electron chi connectivity index (χ1n) is 6.69. The number of carbonyl (C=O) groups excluding carboxylic acids is 1. The largest absolute Gasteiger partial charge is 0.478 e. The quantitative estimate of drug-likeness (QED) is 0.811. The molecule has 0 aromatic heterocycles. The lowest BCUT2D eigenvalue weighted by molar-refractivity contribution is -0.131. The summed E-state index contributed by atoms with van der Waals surface area (Å²) in [5, 5.41) is 11.4. The maximum Gasteiger partial charge on any atom is 0.328 e. The molecule has 2 rings (SSSR count). The monoisotopic (exact) mass is 274 g/mol. The molecule has 0 bridgehead atoms. The van der Waals surface area contributed by atoms with E-state index in [2.05, 4.69) is 5.32 Å². The highest BCUT2D eigenvalue weighted by Gasteiger charge is 2.31. The lowest BCUT2D eigenvalue weighted by Crippen LogP contribution is -2.36. The Balaban J connectivity index is 1.96. The normalized spacial score (nSPS) is 14.2. The summed E-state index contributed by atoms with van der Waals surface area (Å²) < 4.78 is 0. The molecule has 1 fully saturated rings. The first-order chi connectivity index (χ1) is 9.60. The zero-order valence-corrected chi connectivity index (χ0v) is 11.4. The second-order valence-corrected chi connectivity index (χ2v) is 4.74. The third-order valence-electron chi connectivity index (χ3n) is 3.17. The van der Waals surface area contributed by atoms with Crippen LogP contribution in [0.1, 0.15) is 25.3 Å². The van der Waals surface area contributed by atoms with Crippen molar-refractivity contribution in [2.24, 2.45) is 0 Å². The van der Waals surface area contributed by atoms with Gasteiger partial charge in [-0.15, -0.1) is 0 Å². The summed E-state index contributed by atoms with van der Waals surface area (Å²) in [5.74, 6) is -0.981. The molecule has 1 aliphatic rings. The van der Waals surface area contributed by atoms with Crippen molar-refractivity contribution >= 4 is 23.8 Å². The van der Waals surface area contributed by atoms with Gasteiger partial charge in [0.15, 0.2) is 0 Å². The molecule has 20 heavy (non-hydrogen) atoms. The molecular weight excluding hydrogens is 256 g/mol. The number of urea groups is 1. The van der Waals surface area contributed by atoms with Crippen molar-refractivity contribution in [3.63, 3.8) is 0 Å². The molecule has 1 saturated carbocycles. The average Bonchev–Trinajstić information content (AvgIpc) is 3.23. The predicted molar refractivity (Wildman–Crippen MR) is 77.5 cm³/mol. The van der Waals surface area contributed by atoms with E-state index >= 15 is 0 Å². The maximum atomic E-state index is 12.0. The van der Waals surface area contributed by atoms with E-state index in [1.165, 1.54) is 6.08 Å². The minimum atomic E-state index is -0.981. The molecule has 0 saturated heterocycles. The lowest BCUT2D eigenvalue weighted by Gasteiger charge is -2.20. The third kappa shape index (κ3) is 3.85. The number of amides is 2. The highest BCUT2D eigenvalue weighted by molar-refractivity contribution is 5.90. The standard InChI is InChI=1S/C15H18N2O3/c1-2-17(13-8-9-13)15(20)16-12-6-3-11(4-7-12)5-10-14(18)19/h3-7,10,13H,2,8-9H2,1H3,(H,16,20)(H,18,19)/b10-5+. The van der Waals surface area contributed by atoms with Crippen molar-refractivity contribution < 1.29 is 14.7 Å². The molecule has 2 N–H and O–H groups in total. The van der Waals surface area contributed by atoms with Gasteiger partial charge in [-0.25, -0.2) is 9.59 Å². The number of benzene rings is 1. The summed E-state index contributed by atoms with van der Waals surface area (Å²) in [4.78, 5) is 24.3. The van der Waals surface area contributed by atoms with Crippen LogP contribution < -0.4 is 5.32 Å². The van der Waals surface area contributed by atoms with E-state index < -0.39 is 5.97 Å². The number of rotatable bonds is 5. The van der Waals surface area contributed by atoms with Gasteiger partial charge in [-0.1, -0.05) is 12.1 Å². The zero-order chi connectivity index (χ0) is 14.5. The van der Waals surface area contributed by atoms with Crippen molar-refractivity contribution in [3.8, 4) is 0 Å². The molecule has 0 atom stereocenters. The Morgan fingerprint density at radius 1 is 1.35 bits per heavy atom. The van der Waals surface area contributed by atoms with Crippen molar-refractivity contribution in [1.82, 2.24) is 4.90 Å². The van der Waals surface area contributed by atoms with Crippen LogP contribution >= 0.6 is 0 Å². The Hall–Kier alpha value is -2.30. The van der Waals surface area contributed by atoms with Gasteiger partial charge in [-0.05, 0) is 43.5 Å². The van der Waals surface area contributed by atoms with Crippen LogP contribution in [0, 0.1) is 0 Å². The number of anilines is 1. The number of carboxylic acids is 1. The van der Waals surface area contributed by atoms with Gasteiger partial charge in [0, 0.05) is 24.4 Å². The van der Waals surface area contributed by atoms with Gasteiger partial charge in [0.2, 0.25) is 0 Å². The minimum absolute atomic E-state index is 0.0798. The van der Waals surface area contributed by atoms with Gasteiger partial charge in [0.25, 0.3) is 0 Å². The number of aliphatic carboxylic acids is 1. The molecule has 0 radical (unpaired) electrons. The van der Waals surface area contributed by atoms with Crippen LogP contribution in [0.3, 0.4) is 0 Å². The molecule has 106 valence electrons. The summed E-state index contributed by atoms with van der Waals surface area (Å²) in [6, 6.07) is 7.37. The highest BCUT2D eigenvalue weighted by Crippen LogP contribution is 2.27. The van der Waals surface area contributed by atoms with Crippen LogP contribution in [0.5, 0.6) is 0 Å². The van der Waals surface area contributed by atoms with Crippen LogP contribution in [-0.4, -0.2) is 34.6 Å². The molecule has 0 spiro atoms. The van der Waals surface area contributed by atoms with E-state index in [-0.39, 0.29) is 6.03 Å². The number of hydrogen-bond donors (Lipinski definition) is 2. The van der Waals surface area contributed by atoms with E-state index in [0.29, 0.717) is 18.3 Å². The predicted octanol–water partition coefficient (Wildman–Crippen LogP) is 2.80. The van der Waals surface area contributed by atoms with Gasteiger partial charge >= 0.3 is 12.0 Å². The lowest BCUT2D eigenvalue weighted by atomic mass is 10.2. The summed E-state index contributed by atoms with van der Waals surface area (Å²) in [5.41, 5.74) is 1.49. The molecule has 0 aliphatic heterocycles. The maximum absolute atomic E-state index is 12.0. The van der Waals surface area contributed by atoms with Crippen molar-refractivity contribution in [2.75, 3.05) is 11.9 Å². The van der Waals surface area contributed by atoms with Crippen LogP contribution in [0.25, 0.3) is 6.08 Å². The molecule has 5 heteroatoms. The molecule has 2 amide bonds. The second-order valence-electron chi connectivity index (χ2n) is 4.74.